The van der Waals surface area contributed by atoms with Gasteiger partial charge in [-0.05, 0) is 55.5 Å². The standard InChI is InChI=1S/C34H31F3N6O3/c1-4-21-24(36)7-6-18-10-20(44)11-22(25(18)21)26-28(37)30-27(23-14-41(3)40-29(23)26)31(42-15-33(2,45)16-42)39-32(38-30)46-17-34-8-5-9-43(34)13-19(35)12-34/h1,6-7,10-11,14,19,44-45H,5,8-9,12-13,15-17H2,2-3H3/t19-,34+/m1/s1. The number of aromatic nitrogens is 4. The predicted octanol–water partition coefficient (Wildman–Crippen LogP) is 4.83. The van der Waals surface area contributed by atoms with Gasteiger partial charge < -0.3 is 19.8 Å². The largest absolute Gasteiger partial charge is 0.508 e. The van der Waals surface area contributed by atoms with E-state index in [1.165, 1.54) is 28.9 Å². The molecule has 46 heavy (non-hydrogen) atoms. The van der Waals surface area contributed by atoms with Crippen molar-refractivity contribution in [1.82, 2.24) is 24.6 Å². The van der Waals surface area contributed by atoms with Crippen molar-refractivity contribution in [1.29, 1.82) is 0 Å². The van der Waals surface area contributed by atoms with Crippen molar-refractivity contribution in [2.45, 2.75) is 43.5 Å². The van der Waals surface area contributed by atoms with Crippen LogP contribution < -0.4 is 9.64 Å². The number of hydrogen-bond donors (Lipinski definition) is 2. The van der Waals surface area contributed by atoms with E-state index in [0.29, 0.717) is 34.9 Å². The summed E-state index contributed by atoms with van der Waals surface area (Å²) in [7, 11) is 1.69. The Balaban J connectivity index is 1.38. The zero-order chi connectivity index (χ0) is 32.1. The molecule has 12 heteroatoms. The molecule has 2 aromatic heterocycles. The number of fused-ring (bicyclic) bond motifs is 5. The van der Waals surface area contributed by atoms with Crippen LogP contribution in [0.4, 0.5) is 19.0 Å². The van der Waals surface area contributed by atoms with E-state index in [0.717, 1.165) is 19.4 Å². The molecule has 3 aliphatic heterocycles. The average molecular weight is 629 g/mol. The van der Waals surface area contributed by atoms with Crippen molar-refractivity contribution in [3.8, 4) is 35.2 Å². The number of hydrogen-bond acceptors (Lipinski definition) is 8. The number of aryl methyl sites for hydroxylation is 1. The molecule has 0 aliphatic carbocycles. The van der Waals surface area contributed by atoms with Crippen LogP contribution in [0, 0.1) is 24.0 Å². The second-order valence-electron chi connectivity index (χ2n) is 13.2. The van der Waals surface area contributed by atoms with E-state index in [1.54, 1.807) is 20.2 Å². The Morgan fingerprint density at radius 2 is 1.96 bits per heavy atom. The molecule has 0 bridgehead atoms. The van der Waals surface area contributed by atoms with Crippen LogP contribution in [0.2, 0.25) is 0 Å². The van der Waals surface area contributed by atoms with E-state index in [1.807, 2.05) is 4.90 Å². The van der Waals surface area contributed by atoms with Crippen LogP contribution in [-0.4, -0.2) is 85.0 Å². The molecule has 0 spiro atoms. The molecule has 0 amide bonds. The Bertz CT molecular complexity index is 2140. The molecule has 0 unspecified atom stereocenters. The number of terminal acetylenes is 1. The maximum atomic E-state index is 17.2. The molecular weight excluding hydrogens is 597 g/mol. The normalized spacial score (nSPS) is 22.5. The number of alkyl halides is 1. The van der Waals surface area contributed by atoms with Crippen LogP contribution in [0.3, 0.4) is 0 Å². The molecule has 0 saturated carbocycles. The quantitative estimate of drug-likeness (QED) is 0.267. The molecule has 3 aliphatic rings. The second-order valence-corrected chi connectivity index (χ2v) is 13.2. The van der Waals surface area contributed by atoms with Gasteiger partial charge in [0.1, 0.15) is 41.2 Å². The number of halogens is 3. The number of rotatable bonds is 5. The summed E-state index contributed by atoms with van der Waals surface area (Å²) in [5.41, 5.74) is -1.23. The number of phenolic OH excluding ortho intramolecular Hbond substituents is 1. The van der Waals surface area contributed by atoms with E-state index in [9.17, 15) is 14.6 Å². The zero-order valence-corrected chi connectivity index (χ0v) is 25.3. The number of anilines is 1. The molecular formula is C34H31F3N6O3. The van der Waals surface area contributed by atoms with Gasteiger partial charge in [0.05, 0.1) is 22.1 Å². The topological polar surface area (TPSA) is 99.8 Å². The highest BCUT2D eigenvalue weighted by Crippen LogP contribution is 2.46. The molecule has 236 valence electrons. The van der Waals surface area contributed by atoms with E-state index in [4.69, 9.17) is 16.1 Å². The highest BCUT2D eigenvalue weighted by molar-refractivity contribution is 6.18. The van der Waals surface area contributed by atoms with Crippen LogP contribution in [0.25, 0.3) is 43.7 Å². The lowest BCUT2D eigenvalue weighted by atomic mass is 9.91. The molecule has 0 radical (unpaired) electrons. The maximum absolute atomic E-state index is 17.2. The number of β-amino-alcohol motifs (C(OH)–C–C–N with tert-alkyl or cyclic N) is 1. The van der Waals surface area contributed by atoms with Gasteiger partial charge in [-0.15, -0.1) is 6.42 Å². The van der Waals surface area contributed by atoms with E-state index < -0.39 is 28.9 Å². The lowest BCUT2D eigenvalue weighted by molar-refractivity contribution is 0.0305. The highest BCUT2D eigenvalue weighted by Gasteiger charge is 2.49. The molecule has 5 heterocycles. The lowest BCUT2D eigenvalue weighted by Crippen LogP contribution is -2.60. The number of benzene rings is 3. The molecule has 9 nitrogen and oxygen atoms in total. The third-order valence-electron chi connectivity index (χ3n) is 9.69. The summed E-state index contributed by atoms with van der Waals surface area (Å²) >= 11 is 0. The number of aliphatic hydroxyl groups is 1. The van der Waals surface area contributed by atoms with Gasteiger partial charge >= 0.3 is 6.01 Å². The summed E-state index contributed by atoms with van der Waals surface area (Å²) in [6.07, 6.45) is 8.55. The Labute approximate surface area is 262 Å². The predicted molar refractivity (Wildman–Crippen MR) is 168 cm³/mol. The van der Waals surface area contributed by atoms with Crippen molar-refractivity contribution < 1.29 is 28.1 Å². The first kappa shape index (κ1) is 28.8. The van der Waals surface area contributed by atoms with Gasteiger partial charge in [0.25, 0.3) is 0 Å². The number of phenols is 1. The van der Waals surface area contributed by atoms with Crippen LogP contribution in [0.15, 0.2) is 30.5 Å². The lowest BCUT2D eigenvalue weighted by Gasteiger charge is -2.45. The smallest absolute Gasteiger partial charge is 0.319 e. The molecule has 3 fully saturated rings. The first-order valence-corrected chi connectivity index (χ1v) is 15.2. The summed E-state index contributed by atoms with van der Waals surface area (Å²) in [4.78, 5) is 13.3. The fourth-order valence-electron chi connectivity index (χ4n) is 7.79. The Morgan fingerprint density at radius 3 is 2.72 bits per heavy atom. The fourth-order valence-corrected chi connectivity index (χ4v) is 7.79. The van der Waals surface area contributed by atoms with Crippen LogP contribution in [0.1, 0.15) is 31.7 Å². The second kappa shape index (κ2) is 9.95. The van der Waals surface area contributed by atoms with Crippen molar-refractivity contribution >= 4 is 38.4 Å². The summed E-state index contributed by atoms with van der Waals surface area (Å²) < 4.78 is 54.5. The highest BCUT2D eigenvalue weighted by atomic mass is 19.1. The van der Waals surface area contributed by atoms with Crippen molar-refractivity contribution in [2.24, 2.45) is 7.05 Å². The van der Waals surface area contributed by atoms with Crippen LogP contribution in [-0.2, 0) is 7.05 Å². The average Bonchev–Trinajstić information content (AvgIpc) is 3.65. The van der Waals surface area contributed by atoms with E-state index in [-0.39, 0.29) is 64.6 Å². The Hall–Kier alpha value is -4.60. The molecule has 5 aromatic rings. The third-order valence-corrected chi connectivity index (χ3v) is 9.69. The molecule has 2 atom stereocenters. The molecule has 2 N–H and O–H groups in total. The number of nitrogens with zero attached hydrogens (tertiary/aromatic N) is 6. The summed E-state index contributed by atoms with van der Waals surface area (Å²) in [5, 5.41) is 27.4. The monoisotopic (exact) mass is 628 g/mol. The number of ether oxygens (including phenoxy) is 1. The first-order valence-electron chi connectivity index (χ1n) is 15.2. The minimum absolute atomic E-state index is 0.0195. The van der Waals surface area contributed by atoms with E-state index >= 15 is 8.78 Å². The fraction of sp³-hybridized carbons (Fsp3) is 0.382. The summed E-state index contributed by atoms with van der Waals surface area (Å²) in [6, 6.07) is 5.38. The van der Waals surface area contributed by atoms with E-state index in [2.05, 4.69) is 20.9 Å². The molecule has 3 aromatic carbocycles. The molecule has 3 saturated heterocycles. The van der Waals surface area contributed by atoms with Crippen LogP contribution in [0.5, 0.6) is 11.8 Å². The van der Waals surface area contributed by atoms with Gasteiger partial charge in [-0.2, -0.15) is 15.1 Å². The minimum atomic E-state index is -0.968. The van der Waals surface area contributed by atoms with Crippen LogP contribution >= 0.6 is 0 Å². The van der Waals surface area contributed by atoms with Crippen molar-refractivity contribution in [3.63, 3.8) is 0 Å². The van der Waals surface area contributed by atoms with Gasteiger partial charge in [0.2, 0.25) is 0 Å². The summed E-state index contributed by atoms with van der Waals surface area (Å²) in [6.45, 7) is 3.47. The minimum Gasteiger partial charge on any atom is -0.508 e. The zero-order valence-electron chi connectivity index (χ0n) is 25.3. The van der Waals surface area contributed by atoms with Gasteiger partial charge in [0, 0.05) is 55.6 Å². The van der Waals surface area contributed by atoms with Gasteiger partial charge in [-0.25, -0.2) is 13.2 Å². The third kappa shape index (κ3) is 4.29. The first-order chi connectivity index (χ1) is 22.0. The molecule has 8 rings (SSSR count). The summed E-state index contributed by atoms with van der Waals surface area (Å²) in [5.74, 6) is 1.14. The SMILES string of the molecule is C#Cc1c(F)ccc2cc(O)cc(-c3c(F)c4nc(OC[C@@]56CCCN5C[C@H](F)C6)nc(N5CC(C)(O)C5)c4c4cn(C)nc34)c12. The Morgan fingerprint density at radius 1 is 1.15 bits per heavy atom. The number of aromatic hydroxyl groups is 1. The van der Waals surface area contributed by atoms with Gasteiger partial charge in [-0.1, -0.05) is 12.0 Å². The maximum Gasteiger partial charge on any atom is 0.319 e. The van der Waals surface area contributed by atoms with Gasteiger partial charge in [0.15, 0.2) is 5.82 Å². The van der Waals surface area contributed by atoms with Gasteiger partial charge in [-0.3, -0.25) is 9.58 Å². The Kier molecular flexibility index (Phi) is 6.24. The van der Waals surface area contributed by atoms with Crippen molar-refractivity contribution in [3.05, 3.63) is 47.7 Å². The van der Waals surface area contributed by atoms with Crippen molar-refractivity contribution in [2.75, 3.05) is 37.7 Å².